The molecule has 6 nitrogen and oxygen atoms in total. The Hall–Kier alpha value is -1.44. The number of likely N-dealkylation sites (tertiary alicyclic amines) is 1. The Morgan fingerprint density at radius 3 is 2.69 bits per heavy atom. The van der Waals surface area contributed by atoms with Crippen molar-refractivity contribution in [3.8, 4) is 11.3 Å². The van der Waals surface area contributed by atoms with Gasteiger partial charge in [0.05, 0.1) is 30.2 Å². The van der Waals surface area contributed by atoms with Crippen LogP contribution in [0, 0.1) is 0 Å². The van der Waals surface area contributed by atoms with Crippen molar-refractivity contribution in [2.24, 2.45) is 0 Å². The van der Waals surface area contributed by atoms with E-state index < -0.39 is 17.8 Å². The van der Waals surface area contributed by atoms with Gasteiger partial charge in [-0.2, -0.15) is 5.10 Å². The zero-order chi connectivity index (χ0) is 18.1. The number of halogens is 1. The number of piperidine rings is 1. The molecule has 2 atom stereocenters. The van der Waals surface area contributed by atoms with Gasteiger partial charge in [0.25, 0.3) is 0 Å². The van der Waals surface area contributed by atoms with Crippen LogP contribution in [-0.2, 0) is 11.3 Å². The van der Waals surface area contributed by atoms with E-state index in [1.54, 1.807) is 0 Å². The predicted molar refractivity (Wildman–Crippen MR) is 98.9 cm³/mol. The molecule has 0 unspecified atom stereocenters. The zero-order valence-electron chi connectivity index (χ0n) is 14.6. The van der Waals surface area contributed by atoms with Crippen LogP contribution >= 0.6 is 11.6 Å². The number of nitrogens with zero attached hydrogens (tertiary/aromatic N) is 2. The molecular formula is C19H24ClN3O3. The quantitative estimate of drug-likeness (QED) is 0.764. The number of aromatic nitrogens is 2. The molecule has 0 aliphatic carbocycles. The van der Waals surface area contributed by atoms with E-state index in [1.807, 2.05) is 30.5 Å². The molecule has 3 heterocycles. The van der Waals surface area contributed by atoms with Gasteiger partial charge in [-0.15, -0.1) is 0 Å². The Labute approximate surface area is 157 Å². The molecule has 3 N–H and O–H groups in total. The topological polar surface area (TPSA) is 81.6 Å². The summed E-state index contributed by atoms with van der Waals surface area (Å²) in [7, 11) is 0. The first-order chi connectivity index (χ1) is 12.6. The normalized spacial score (nSPS) is 26.3. The van der Waals surface area contributed by atoms with E-state index in [4.69, 9.17) is 16.3 Å². The minimum absolute atomic E-state index is 0.506. The predicted octanol–water partition coefficient (Wildman–Crippen LogP) is 2.21. The van der Waals surface area contributed by atoms with E-state index in [0.717, 1.165) is 49.3 Å². The molecule has 2 saturated heterocycles. The highest BCUT2D eigenvalue weighted by molar-refractivity contribution is 6.30. The van der Waals surface area contributed by atoms with Crippen molar-refractivity contribution in [2.75, 3.05) is 19.7 Å². The van der Waals surface area contributed by atoms with Crippen molar-refractivity contribution >= 4 is 11.6 Å². The van der Waals surface area contributed by atoms with Crippen LogP contribution in [0.3, 0.4) is 0 Å². The molecule has 4 rings (SSSR count). The van der Waals surface area contributed by atoms with Crippen molar-refractivity contribution in [2.45, 2.75) is 43.6 Å². The third-order valence-corrected chi connectivity index (χ3v) is 5.91. The highest BCUT2D eigenvalue weighted by Crippen LogP contribution is 2.36. The van der Waals surface area contributed by atoms with Crippen LogP contribution in [0.1, 0.15) is 24.8 Å². The molecule has 1 spiro atoms. The molecule has 1 aromatic carbocycles. The zero-order valence-corrected chi connectivity index (χ0v) is 15.3. The molecule has 1 aromatic heterocycles. The molecule has 140 valence electrons. The fourth-order valence-electron chi connectivity index (χ4n) is 4.04. The molecule has 0 amide bonds. The Balaban J connectivity index is 1.43. The third-order valence-electron chi connectivity index (χ3n) is 5.65. The van der Waals surface area contributed by atoms with E-state index in [2.05, 4.69) is 15.1 Å². The van der Waals surface area contributed by atoms with Crippen molar-refractivity contribution in [1.82, 2.24) is 15.1 Å². The Morgan fingerprint density at radius 1 is 1.23 bits per heavy atom. The van der Waals surface area contributed by atoms with Gasteiger partial charge in [0.15, 0.2) is 0 Å². The minimum Gasteiger partial charge on any atom is -0.390 e. The first-order valence-electron chi connectivity index (χ1n) is 9.08. The first kappa shape index (κ1) is 17.9. The fourth-order valence-corrected chi connectivity index (χ4v) is 4.17. The second-order valence-electron chi connectivity index (χ2n) is 7.27. The summed E-state index contributed by atoms with van der Waals surface area (Å²) in [5.74, 6) is 0. The van der Waals surface area contributed by atoms with Crippen LogP contribution in [0.25, 0.3) is 11.3 Å². The van der Waals surface area contributed by atoms with Crippen molar-refractivity contribution < 1.29 is 14.9 Å². The average Bonchev–Trinajstić information content (AvgIpc) is 3.10. The number of hydrogen-bond acceptors (Lipinski definition) is 5. The molecule has 2 aliphatic rings. The largest absolute Gasteiger partial charge is 0.390 e. The summed E-state index contributed by atoms with van der Waals surface area (Å²) in [5, 5.41) is 28.4. The van der Waals surface area contributed by atoms with Gasteiger partial charge in [-0.1, -0.05) is 23.7 Å². The third kappa shape index (κ3) is 3.40. The summed E-state index contributed by atoms with van der Waals surface area (Å²) >= 11 is 5.98. The number of aromatic amines is 1. The second kappa shape index (κ2) is 7.29. The summed E-state index contributed by atoms with van der Waals surface area (Å²) in [6, 6.07) is 7.72. The van der Waals surface area contributed by atoms with Crippen LogP contribution < -0.4 is 0 Å². The smallest absolute Gasteiger partial charge is 0.109 e. The fraction of sp³-hybridized carbons (Fsp3) is 0.526. The molecule has 0 saturated carbocycles. The second-order valence-corrected chi connectivity index (χ2v) is 7.70. The molecule has 0 radical (unpaired) electrons. The standard InChI is InChI=1S/C19H24ClN3O3/c20-15-3-1-13(2-4-15)17-14(11-21-22-17)12-23-8-6-19(7-9-23)18(25)16(24)5-10-26-19/h1-4,11,16,18,24-25H,5-10,12H2,(H,21,22)/t16-,18-/m0/s1. The van der Waals surface area contributed by atoms with Gasteiger partial charge in [-0.05, 0) is 37.0 Å². The maximum absolute atomic E-state index is 10.4. The van der Waals surface area contributed by atoms with Gasteiger partial charge in [-0.25, -0.2) is 0 Å². The van der Waals surface area contributed by atoms with Crippen molar-refractivity contribution in [3.05, 3.63) is 41.0 Å². The van der Waals surface area contributed by atoms with E-state index in [-0.39, 0.29) is 0 Å². The molecule has 2 aromatic rings. The van der Waals surface area contributed by atoms with Crippen LogP contribution in [0.15, 0.2) is 30.5 Å². The number of ether oxygens (including phenoxy) is 1. The van der Waals surface area contributed by atoms with Gasteiger partial charge >= 0.3 is 0 Å². The maximum atomic E-state index is 10.4. The summed E-state index contributed by atoms with van der Waals surface area (Å²) in [4.78, 5) is 2.34. The number of hydrogen-bond donors (Lipinski definition) is 3. The van der Waals surface area contributed by atoms with Crippen LogP contribution in [0.5, 0.6) is 0 Å². The lowest BCUT2D eigenvalue weighted by molar-refractivity contribution is -0.214. The lowest BCUT2D eigenvalue weighted by atomic mass is 9.80. The lowest BCUT2D eigenvalue weighted by Crippen LogP contribution is -2.59. The van der Waals surface area contributed by atoms with Gasteiger partial charge in [0.1, 0.15) is 6.10 Å². The van der Waals surface area contributed by atoms with Gasteiger partial charge in [0.2, 0.25) is 0 Å². The van der Waals surface area contributed by atoms with Crippen molar-refractivity contribution in [3.63, 3.8) is 0 Å². The Kier molecular flexibility index (Phi) is 5.03. The highest BCUT2D eigenvalue weighted by Gasteiger charge is 2.47. The Bertz CT molecular complexity index is 741. The van der Waals surface area contributed by atoms with Crippen LogP contribution in [-0.4, -0.2) is 62.8 Å². The average molecular weight is 378 g/mol. The van der Waals surface area contributed by atoms with Gasteiger partial charge in [0, 0.05) is 30.2 Å². The number of nitrogens with one attached hydrogen (secondary N) is 1. The SMILES string of the molecule is O[C@H]1CCOC2(CCN(Cc3cn[nH]c3-c3ccc(Cl)cc3)CC2)[C@H]1O. The van der Waals surface area contributed by atoms with E-state index in [1.165, 1.54) is 0 Å². The summed E-state index contributed by atoms with van der Waals surface area (Å²) < 4.78 is 5.91. The molecule has 0 bridgehead atoms. The molecular weight excluding hydrogens is 354 g/mol. The number of benzene rings is 1. The maximum Gasteiger partial charge on any atom is 0.109 e. The lowest BCUT2D eigenvalue weighted by Gasteiger charge is -2.48. The first-order valence-corrected chi connectivity index (χ1v) is 9.46. The minimum atomic E-state index is -0.794. The van der Waals surface area contributed by atoms with Gasteiger partial charge < -0.3 is 14.9 Å². The number of rotatable bonds is 3. The number of aliphatic hydroxyl groups is 2. The van der Waals surface area contributed by atoms with Crippen molar-refractivity contribution in [1.29, 1.82) is 0 Å². The molecule has 26 heavy (non-hydrogen) atoms. The van der Waals surface area contributed by atoms with Crippen LogP contribution in [0.2, 0.25) is 5.02 Å². The number of aliphatic hydroxyl groups excluding tert-OH is 2. The Morgan fingerprint density at radius 2 is 1.96 bits per heavy atom. The van der Waals surface area contributed by atoms with E-state index in [9.17, 15) is 10.2 Å². The molecule has 2 aliphatic heterocycles. The summed E-state index contributed by atoms with van der Waals surface area (Å²) in [5.41, 5.74) is 2.60. The van der Waals surface area contributed by atoms with E-state index in [0.29, 0.717) is 18.1 Å². The van der Waals surface area contributed by atoms with E-state index >= 15 is 0 Å². The van der Waals surface area contributed by atoms with Crippen LogP contribution in [0.4, 0.5) is 0 Å². The van der Waals surface area contributed by atoms with Gasteiger partial charge in [-0.3, -0.25) is 10.00 Å². The molecule has 7 heteroatoms. The summed E-state index contributed by atoms with van der Waals surface area (Å²) in [6.45, 7) is 2.92. The summed E-state index contributed by atoms with van der Waals surface area (Å²) in [6.07, 6.45) is 2.34. The monoisotopic (exact) mass is 377 g/mol. The number of H-pyrrole nitrogens is 1. The highest BCUT2D eigenvalue weighted by atomic mass is 35.5. The molecule has 2 fully saturated rings.